The van der Waals surface area contributed by atoms with Gasteiger partial charge in [-0.15, -0.1) is 11.3 Å². The van der Waals surface area contributed by atoms with E-state index in [9.17, 15) is 0 Å². The summed E-state index contributed by atoms with van der Waals surface area (Å²) in [7, 11) is 0. The van der Waals surface area contributed by atoms with Crippen LogP contribution in [0.25, 0.3) is 22.4 Å². The molecule has 0 spiro atoms. The van der Waals surface area contributed by atoms with Gasteiger partial charge < -0.3 is 9.30 Å². The Labute approximate surface area is 162 Å². The second-order valence-corrected chi connectivity index (χ2v) is 7.48. The molecular formula is C22H21N3OS. The van der Waals surface area contributed by atoms with E-state index in [0.717, 1.165) is 28.3 Å². The molecule has 27 heavy (non-hydrogen) atoms. The SMILES string of the molecule is CC(CCOc1ccc(/C=C/c2nc3ccccc3s2)cc1)n1ccnc1. The fraction of sp³-hybridized carbons (Fsp3) is 0.182. The average molecular weight is 375 g/mol. The van der Waals surface area contributed by atoms with Gasteiger partial charge >= 0.3 is 0 Å². The lowest BCUT2D eigenvalue weighted by Gasteiger charge is -2.13. The number of fused-ring (bicyclic) bond motifs is 1. The molecule has 4 nitrogen and oxygen atoms in total. The van der Waals surface area contributed by atoms with Gasteiger partial charge in [-0.05, 0) is 42.8 Å². The molecule has 4 aromatic rings. The van der Waals surface area contributed by atoms with E-state index in [1.807, 2.05) is 42.9 Å². The lowest BCUT2D eigenvalue weighted by atomic mass is 10.2. The second-order valence-electron chi connectivity index (χ2n) is 6.42. The number of rotatable bonds is 7. The molecule has 0 radical (unpaired) electrons. The number of para-hydroxylation sites is 1. The molecule has 0 saturated carbocycles. The van der Waals surface area contributed by atoms with Gasteiger partial charge in [0.2, 0.25) is 0 Å². The van der Waals surface area contributed by atoms with Crippen molar-refractivity contribution in [2.45, 2.75) is 19.4 Å². The summed E-state index contributed by atoms with van der Waals surface area (Å²) >= 11 is 1.70. The first-order chi connectivity index (χ1) is 13.3. The predicted molar refractivity (Wildman–Crippen MR) is 112 cm³/mol. The van der Waals surface area contributed by atoms with Gasteiger partial charge in [0.15, 0.2) is 0 Å². The van der Waals surface area contributed by atoms with E-state index in [2.05, 4.69) is 51.8 Å². The summed E-state index contributed by atoms with van der Waals surface area (Å²) in [5.41, 5.74) is 2.18. The molecule has 1 unspecified atom stereocenters. The molecule has 1 atom stereocenters. The number of ether oxygens (including phenoxy) is 1. The van der Waals surface area contributed by atoms with Crippen molar-refractivity contribution in [2.24, 2.45) is 0 Å². The van der Waals surface area contributed by atoms with Crippen LogP contribution in [0.5, 0.6) is 5.75 Å². The number of benzene rings is 2. The highest BCUT2D eigenvalue weighted by molar-refractivity contribution is 7.19. The van der Waals surface area contributed by atoms with Crippen molar-refractivity contribution >= 4 is 33.7 Å². The second kappa shape index (κ2) is 8.18. The minimum absolute atomic E-state index is 0.378. The summed E-state index contributed by atoms with van der Waals surface area (Å²) in [6.45, 7) is 2.85. The van der Waals surface area contributed by atoms with Gasteiger partial charge in [0, 0.05) is 24.9 Å². The highest BCUT2D eigenvalue weighted by Gasteiger charge is 2.04. The first-order valence-corrected chi connectivity index (χ1v) is 9.83. The predicted octanol–water partition coefficient (Wildman–Crippen LogP) is 5.69. The van der Waals surface area contributed by atoms with Crippen LogP contribution < -0.4 is 4.74 Å². The van der Waals surface area contributed by atoms with Crippen molar-refractivity contribution in [3.8, 4) is 5.75 Å². The van der Waals surface area contributed by atoms with Gasteiger partial charge in [0.05, 0.1) is 23.2 Å². The van der Waals surface area contributed by atoms with Crippen molar-refractivity contribution in [3.63, 3.8) is 0 Å². The Hall–Kier alpha value is -2.92. The molecule has 0 N–H and O–H groups in total. The smallest absolute Gasteiger partial charge is 0.119 e. The number of imidazole rings is 1. The van der Waals surface area contributed by atoms with Crippen molar-refractivity contribution < 1.29 is 4.74 Å². The molecule has 0 fully saturated rings. The summed E-state index contributed by atoms with van der Waals surface area (Å²) in [6.07, 6.45) is 10.7. The molecule has 136 valence electrons. The van der Waals surface area contributed by atoms with Gasteiger partial charge in [0.25, 0.3) is 0 Å². The van der Waals surface area contributed by atoms with Crippen molar-refractivity contribution in [1.82, 2.24) is 14.5 Å². The fourth-order valence-electron chi connectivity index (χ4n) is 2.83. The van der Waals surface area contributed by atoms with Gasteiger partial charge in [-0.1, -0.05) is 30.3 Å². The number of thiazole rings is 1. The summed E-state index contributed by atoms with van der Waals surface area (Å²) in [5, 5.41) is 1.02. The summed E-state index contributed by atoms with van der Waals surface area (Å²) < 4.78 is 9.17. The molecule has 2 heterocycles. The Morgan fingerprint density at radius 1 is 1.11 bits per heavy atom. The van der Waals surface area contributed by atoms with E-state index in [4.69, 9.17) is 4.74 Å². The first kappa shape index (κ1) is 17.5. The molecule has 5 heteroatoms. The zero-order valence-electron chi connectivity index (χ0n) is 15.2. The largest absolute Gasteiger partial charge is 0.494 e. The van der Waals surface area contributed by atoms with E-state index < -0.39 is 0 Å². The Morgan fingerprint density at radius 3 is 2.74 bits per heavy atom. The van der Waals surface area contributed by atoms with Crippen molar-refractivity contribution in [1.29, 1.82) is 0 Å². The van der Waals surface area contributed by atoms with Crippen LogP contribution in [0.2, 0.25) is 0 Å². The van der Waals surface area contributed by atoms with Crippen LogP contribution in [0.3, 0.4) is 0 Å². The minimum atomic E-state index is 0.378. The molecule has 0 aliphatic heterocycles. The Bertz CT molecular complexity index is 986. The van der Waals surface area contributed by atoms with E-state index in [0.29, 0.717) is 12.6 Å². The Balaban J connectivity index is 1.31. The van der Waals surface area contributed by atoms with E-state index in [-0.39, 0.29) is 0 Å². The Kier molecular flexibility index (Phi) is 5.30. The number of hydrogen-bond acceptors (Lipinski definition) is 4. The third-order valence-electron chi connectivity index (χ3n) is 4.45. The van der Waals surface area contributed by atoms with Crippen LogP contribution >= 0.6 is 11.3 Å². The monoisotopic (exact) mass is 375 g/mol. The highest BCUT2D eigenvalue weighted by Crippen LogP contribution is 2.23. The standard InChI is InChI=1S/C22H21N3OS/c1-17(25-14-13-23-16-25)12-15-26-19-9-6-18(7-10-19)8-11-22-24-20-4-2-3-5-21(20)27-22/h2-11,13-14,16-17H,12,15H2,1H3/b11-8+. The number of aromatic nitrogens is 3. The molecule has 0 amide bonds. The van der Waals surface area contributed by atoms with Crippen LogP contribution in [0.15, 0.2) is 67.3 Å². The van der Waals surface area contributed by atoms with Crippen LogP contribution in [-0.4, -0.2) is 21.1 Å². The van der Waals surface area contributed by atoms with Crippen molar-refractivity contribution in [2.75, 3.05) is 6.61 Å². The molecule has 0 aliphatic rings. The summed E-state index contributed by atoms with van der Waals surface area (Å²) in [6, 6.07) is 16.8. The zero-order valence-corrected chi connectivity index (χ0v) is 16.0. The van der Waals surface area contributed by atoms with E-state index >= 15 is 0 Å². The number of nitrogens with zero attached hydrogens (tertiary/aromatic N) is 3. The molecule has 2 aromatic carbocycles. The molecule has 4 rings (SSSR count). The molecule has 0 aliphatic carbocycles. The summed E-state index contributed by atoms with van der Waals surface area (Å²) in [5.74, 6) is 0.893. The average Bonchev–Trinajstić information content (AvgIpc) is 3.37. The zero-order chi connectivity index (χ0) is 18.5. The molecule has 0 saturated heterocycles. The molecular weight excluding hydrogens is 354 g/mol. The van der Waals surface area contributed by atoms with Crippen LogP contribution in [-0.2, 0) is 0 Å². The van der Waals surface area contributed by atoms with Crippen LogP contribution in [0.1, 0.15) is 30.0 Å². The molecule has 0 bridgehead atoms. The lowest BCUT2D eigenvalue weighted by Crippen LogP contribution is -2.08. The normalized spacial score (nSPS) is 12.6. The van der Waals surface area contributed by atoms with E-state index in [1.165, 1.54) is 4.70 Å². The maximum Gasteiger partial charge on any atom is 0.119 e. The Morgan fingerprint density at radius 2 is 1.96 bits per heavy atom. The van der Waals surface area contributed by atoms with Crippen molar-refractivity contribution in [3.05, 3.63) is 77.8 Å². The van der Waals surface area contributed by atoms with Gasteiger partial charge in [-0.2, -0.15) is 0 Å². The van der Waals surface area contributed by atoms with Crippen LogP contribution in [0.4, 0.5) is 0 Å². The third-order valence-corrected chi connectivity index (χ3v) is 5.45. The highest BCUT2D eigenvalue weighted by atomic mass is 32.1. The summed E-state index contributed by atoms with van der Waals surface area (Å²) in [4.78, 5) is 8.71. The van der Waals surface area contributed by atoms with E-state index in [1.54, 1.807) is 17.5 Å². The molecule has 2 aromatic heterocycles. The van der Waals surface area contributed by atoms with Gasteiger partial charge in [0.1, 0.15) is 10.8 Å². The van der Waals surface area contributed by atoms with Gasteiger partial charge in [-0.25, -0.2) is 9.97 Å². The lowest BCUT2D eigenvalue weighted by molar-refractivity contribution is 0.283. The fourth-order valence-corrected chi connectivity index (χ4v) is 3.70. The third kappa shape index (κ3) is 4.44. The maximum absolute atomic E-state index is 5.86. The maximum atomic E-state index is 5.86. The quantitative estimate of drug-likeness (QED) is 0.416. The topological polar surface area (TPSA) is 39.9 Å². The minimum Gasteiger partial charge on any atom is -0.494 e. The number of hydrogen-bond donors (Lipinski definition) is 0. The van der Waals surface area contributed by atoms with Crippen LogP contribution in [0, 0.1) is 0 Å². The first-order valence-electron chi connectivity index (χ1n) is 9.02. The van der Waals surface area contributed by atoms with Gasteiger partial charge in [-0.3, -0.25) is 0 Å².